The van der Waals surface area contributed by atoms with Gasteiger partial charge in [0.05, 0.1) is 10.7 Å². The van der Waals surface area contributed by atoms with Crippen LogP contribution >= 0.6 is 11.6 Å². The number of nitrogens with zero attached hydrogens (tertiary/aromatic N) is 3. The topological polar surface area (TPSA) is 56.6 Å². The van der Waals surface area contributed by atoms with Gasteiger partial charge >= 0.3 is 0 Å². The van der Waals surface area contributed by atoms with Gasteiger partial charge in [-0.1, -0.05) is 18.5 Å². The number of rotatable bonds is 10. The first-order chi connectivity index (χ1) is 15.0. The summed E-state index contributed by atoms with van der Waals surface area (Å²) in [6, 6.07) is 14.6. The third-order valence-electron chi connectivity index (χ3n) is 5.00. The zero-order valence-corrected chi connectivity index (χ0v) is 18.9. The minimum atomic E-state index is -0.176. The largest absolute Gasteiger partial charge is 0.492 e. The molecule has 2 heterocycles. The molecule has 0 spiro atoms. The molecule has 1 aromatic carbocycles. The average molecular weight is 442 g/mol. The molecule has 7 heteroatoms. The zero-order chi connectivity index (χ0) is 22.2. The molecule has 31 heavy (non-hydrogen) atoms. The van der Waals surface area contributed by atoms with Crippen LogP contribution in [0.3, 0.4) is 0 Å². The Kier molecular flexibility index (Phi) is 8.09. The van der Waals surface area contributed by atoms with E-state index in [4.69, 9.17) is 21.1 Å². The molecule has 0 bridgehead atoms. The van der Waals surface area contributed by atoms with Crippen molar-refractivity contribution in [3.05, 3.63) is 82.0 Å². The van der Waals surface area contributed by atoms with E-state index in [0.717, 1.165) is 30.1 Å². The van der Waals surface area contributed by atoms with Gasteiger partial charge in [-0.05, 0) is 69.4 Å². The summed E-state index contributed by atoms with van der Waals surface area (Å²) in [5.74, 6) is 1.27. The maximum absolute atomic E-state index is 12.5. The van der Waals surface area contributed by atoms with E-state index >= 15 is 0 Å². The summed E-state index contributed by atoms with van der Waals surface area (Å²) in [4.78, 5) is 19.0. The number of benzene rings is 1. The highest BCUT2D eigenvalue weighted by molar-refractivity contribution is 6.30. The Morgan fingerprint density at radius 1 is 1.10 bits per heavy atom. The van der Waals surface area contributed by atoms with Gasteiger partial charge in [0, 0.05) is 30.2 Å². The monoisotopic (exact) mass is 441 g/mol. The molecule has 0 amide bonds. The normalized spacial score (nSPS) is 12.0. The number of aromatic nitrogens is 2. The molecule has 0 unspecified atom stereocenters. The molecule has 3 aromatic rings. The lowest BCUT2D eigenvalue weighted by atomic mass is 10.2. The minimum absolute atomic E-state index is 0.176. The molecule has 3 rings (SSSR count). The third-order valence-corrected chi connectivity index (χ3v) is 5.22. The second-order valence-corrected chi connectivity index (χ2v) is 7.90. The maximum Gasteiger partial charge on any atom is 0.258 e. The number of hydrogen-bond acceptors (Lipinski definition) is 5. The van der Waals surface area contributed by atoms with Gasteiger partial charge in [0.2, 0.25) is 0 Å². The van der Waals surface area contributed by atoms with Gasteiger partial charge in [0.1, 0.15) is 24.7 Å². The molecule has 0 aliphatic carbocycles. The highest BCUT2D eigenvalue weighted by Gasteiger charge is 2.09. The SMILES string of the molecule is CCCN(C)[C@H](C)COc1ccc(-n2ccc(OCc3ccc(Cl)cn3)cc2=O)cc1. The number of ether oxygens (including phenoxy) is 2. The summed E-state index contributed by atoms with van der Waals surface area (Å²) >= 11 is 5.83. The van der Waals surface area contributed by atoms with Crippen molar-refractivity contribution in [3.63, 3.8) is 0 Å². The lowest BCUT2D eigenvalue weighted by molar-refractivity contribution is 0.173. The number of hydrogen-bond donors (Lipinski definition) is 0. The Labute approximate surface area is 188 Å². The fourth-order valence-electron chi connectivity index (χ4n) is 3.03. The summed E-state index contributed by atoms with van der Waals surface area (Å²) in [5.41, 5.74) is 1.32. The fraction of sp³-hybridized carbons (Fsp3) is 0.333. The first-order valence-electron chi connectivity index (χ1n) is 10.4. The molecule has 0 saturated heterocycles. The molecule has 1 atom stereocenters. The molecule has 0 aliphatic heterocycles. The van der Waals surface area contributed by atoms with E-state index in [1.165, 1.54) is 6.07 Å². The predicted octanol–water partition coefficient (Wildman–Crippen LogP) is 4.57. The van der Waals surface area contributed by atoms with Crippen LogP contribution in [0.1, 0.15) is 26.0 Å². The molecule has 0 saturated carbocycles. The molecular formula is C24H28ClN3O3. The van der Waals surface area contributed by atoms with E-state index in [2.05, 4.69) is 30.8 Å². The Morgan fingerprint density at radius 3 is 2.52 bits per heavy atom. The van der Waals surface area contributed by atoms with Gasteiger partial charge in [-0.3, -0.25) is 14.3 Å². The van der Waals surface area contributed by atoms with Crippen molar-refractivity contribution in [1.29, 1.82) is 0 Å². The predicted molar refractivity (Wildman–Crippen MR) is 123 cm³/mol. The summed E-state index contributed by atoms with van der Waals surface area (Å²) in [7, 11) is 2.10. The minimum Gasteiger partial charge on any atom is -0.492 e. The van der Waals surface area contributed by atoms with Gasteiger partial charge in [-0.2, -0.15) is 0 Å². The Morgan fingerprint density at radius 2 is 1.87 bits per heavy atom. The average Bonchev–Trinajstić information content (AvgIpc) is 2.78. The number of likely N-dealkylation sites (N-methyl/N-ethyl adjacent to an activating group) is 1. The third kappa shape index (κ3) is 6.57. The maximum atomic E-state index is 12.5. The molecule has 0 radical (unpaired) electrons. The molecule has 6 nitrogen and oxygen atoms in total. The zero-order valence-electron chi connectivity index (χ0n) is 18.1. The van der Waals surface area contributed by atoms with Gasteiger partial charge in [-0.25, -0.2) is 0 Å². The molecule has 0 fully saturated rings. The van der Waals surface area contributed by atoms with E-state index in [-0.39, 0.29) is 12.2 Å². The van der Waals surface area contributed by atoms with Crippen molar-refractivity contribution in [3.8, 4) is 17.2 Å². The first-order valence-corrected chi connectivity index (χ1v) is 10.7. The van der Waals surface area contributed by atoms with Crippen LogP contribution in [0.2, 0.25) is 5.02 Å². The van der Waals surface area contributed by atoms with Crippen molar-refractivity contribution in [2.45, 2.75) is 32.9 Å². The Bertz CT molecular complexity index is 1020. The molecule has 2 aromatic heterocycles. The summed E-state index contributed by atoms with van der Waals surface area (Å²) < 4.78 is 13.1. The lowest BCUT2D eigenvalue weighted by Gasteiger charge is -2.24. The molecule has 164 valence electrons. The molecule has 0 aliphatic rings. The highest BCUT2D eigenvalue weighted by atomic mass is 35.5. The number of halogens is 1. The van der Waals surface area contributed by atoms with Gasteiger partial charge in [0.25, 0.3) is 5.56 Å². The van der Waals surface area contributed by atoms with E-state index in [0.29, 0.717) is 23.4 Å². The smallest absolute Gasteiger partial charge is 0.258 e. The van der Waals surface area contributed by atoms with E-state index in [1.54, 1.807) is 35.2 Å². The summed E-state index contributed by atoms with van der Waals surface area (Å²) in [6.45, 7) is 6.24. The lowest BCUT2D eigenvalue weighted by Crippen LogP contribution is -2.34. The van der Waals surface area contributed by atoms with Crippen molar-refractivity contribution < 1.29 is 9.47 Å². The second kappa shape index (κ2) is 11.0. The van der Waals surface area contributed by atoms with Crippen LogP contribution in [-0.2, 0) is 6.61 Å². The second-order valence-electron chi connectivity index (χ2n) is 7.46. The van der Waals surface area contributed by atoms with Gasteiger partial charge in [-0.15, -0.1) is 0 Å². The summed E-state index contributed by atoms with van der Waals surface area (Å²) in [6.07, 6.45) is 4.38. The molecule has 0 N–H and O–H groups in total. The van der Waals surface area contributed by atoms with Crippen molar-refractivity contribution in [2.75, 3.05) is 20.2 Å². The van der Waals surface area contributed by atoms with Crippen molar-refractivity contribution in [1.82, 2.24) is 14.5 Å². The quantitative estimate of drug-likeness (QED) is 0.461. The fourth-order valence-corrected chi connectivity index (χ4v) is 3.14. The van der Waals surface area contributed by atoms with Crippen LogP contribution < -0.4 is 15.0 Å². The Balaban J connectivity index is 1.59. The standard InChI is InChI=1S/C24H28ClN3O3/c1-4-12-27(3)18(2)16-30-22-9-7-21(8-10-22)28-13-11-23(14-24(28)29)31-17-20-6-5-19(25)15-26-20/h5-11,13-15,18H,4,12,16-17H2,1-3H3/t18-/m1/s1. The van der Waals surface area contributed by atoms with Gasteiger partial charge < -0.3 is 14.4 Å². The first kappa shape index (κ1) is 22.8. The van der Waals surface area contributed by atoms with Crippen molar-refractivity contribution in [2.24, 2.45) is 0 Å². The van der Waals surface area contributed by atoms with Gasteiger partial charge in [0.15, 0.2) is 0 Å². The van der Waals surface area contributed by atoms with E-state index in [1.807, 2.05) is 24.3 Å². The van der Waals surface area contributed by atoms with Crippen molar-refractivity contribution >= 4 is 11.6 Å². The van der Waals surface area contributed by atoms with Crippen LogP contribution in [0.25, 0.3) is 5.69 Å². The Hall–Kier alpha value is -2.83. The van der Waals surface area contributed by atoms with Crippen LogP contribution in [0, 0.1) is 0 Å². The van der Waals surface area contributed by atoms with Crippen LogP contribution in [0.4, 0.5) is 0 Å². The van der Waals surface area contributed by atoms with Crippen LogP contribution in [0.5, 0.6) is 11.5 Å². The van der Waals surface area contributed by atoms with Crippen LogP contribution in [0.15, 0.2) is 65.7 Å². The molecular weight excluding hydrogens is 414 g/mol. The number of pyridine rings is 2. The summed E-state index contributed by atoms with van der Waals surface area (Å²) in [5, 5.41) is 0.570. The van der Waals surface area contributed by atoms with E-state index < -0.39 is 0 Å². The van der Waals surface area contributed by atoms with E-state index in [9.17, 15) is 4.79 Å². The highest BCUT2D eigenvalue weighted by Crippen LogP contribution is 2.17. The van der Waals surface area contributed by atoms with Crippen LogP contribution in [-0.4, -0.2) is 40.7 Å².